The highest BCUT2D eigenvalue weighted by Crippen LogP contribution is 2.46. The number of ketones is 1. The summed E-state index contributed by atoms with van der Waals surface area (Å²) in [5.74, 6) is -0.246. The van der Waals surface area contributed by atoms with Gasteiger partial charge in [-0.15, -0.1) is 0 Å². The van der Waals surface area contributed by atoms with Gasteiger partial charge in [0.15, 0.2) is 5.78 Å². The van der Waals surface area contributed by atoms with Crippen LogP contribution < -0.4 is 0 Å². The Bertz CT molecular complexity index is 475. The second kappa shape index (κ2) is 4.24. The predicted molar refractivity (Wildman–Crippen MR) is 67.3 cm³/mol. The molecule has 0 radical (unpaired) electrons. The number of hydrogen-bond acceptors (Lipinski definition) is 2. The van der Waals surface area contributed by atoms with E-state index >= 15 is 0 Å². The molecule has 4 heteroatoms. The molecule has 0 unspecified atom stereocenters. The molecule has 1 aliphatic heterocycles. The minimum atomic E-state index is -0.679. The molecular weight excluding hydrogens is 228 g/mol. The van der Waals surface area contributed by atoms with E-state index in [4.69, 9.17) is 6.57 Å². The molecule has 1 aliphatic carbocycles. The largest absolute Gasteiger partial charge is 0.342 e. The third-order valence-corrected chi connectivity index (χ3v) is 4.44. The van der Waals surface area contributed by atoms with Crippen LogP contribution in [-0.4, -0.2) is 29.7 Å². The van der Waals surface area contributed by atoms with Crippen LogP contribution >= 0.6 is 0 Å². The molecule has 0 bridgehead atoms. The molecule has 2 rings (SSSR count). The van der Waals surface area contributed by atoms with E-state index in [9.17, 15) is 9.59 Å². The van der Waals surface area contributed by atoms with Crippen molar-refractivity contribution in [1.82, 2.24) is 4.90 Å². The summed E-state index contributed by atoms with van der Waals surface area (Å²) in [6.45, 7) is 14.2. The number of rotatable bonds is 1. The van der Waals surface area contributed by atoms with Gasteiger partial charge in [-0.3, -0.25) is 4.79 Å². The molecule has 1 amide bonds. The number of allylic oxidation sites excluding steroid dienone is 1. The average molecular weight is 246 g/mol. The SMILES string of the molecule is [C-]#[N+]C1=C[C@]2(C)C(=O)N(CC)CC[C@H]2[C@H](C)C1=O. The first-order chi connectivity index (χ1) is 8.45. The molecule has 0 spiro atoms. The van der Waals surface area contributed by atoms with Crippen molar-refractivity contribution in [2.75, 3.05) is 13.1 Å². The molecule has 1 fully saturated rings. The summed E-state index contributed by atoms with van der Waals surface area (Å²) in [7, 11) is 0. The molecule has 96 valence electrons. The van der Waals surface area contributed by atoms with Crippen molar-refractivity contribution >= 4 is 11.7 Å². The van der Waals surface area contributed by atoms with Gasteiger partial charge < -0.3 is 9.69 Å². The van der Waals surface area contributed by atoms with Gasteiger partial charge in [0.2, 0.25) is 11.6 Å². The first-order valence-corrected chi connectivity index (χ1v) is 6.39. The second-order valence-corrected chi connectivity index (χ2v) is 5.36. The normalized spacial score (nSPS) is 35.9. The Labute approximate surface area is 107 Å². The number of amides is 1. The smallest absolute Gasteiger partial charge is 0.231 e. The molecule has 0 N–H and O–H groups in total. The highest BCUT2D eigenvalue weighted by molar-refractivity contribution is 6.02. The Balaban J connectivity index is 2.50. The quantitative estimate of drug-likeness (QED) is 0.663. The van der Waals surface area contributed by atoms with Crippen LogP contribution in [0.4, 0.5) is 0 Å². The third-order valence-electron chi connectivity index (χ3n) is 4.44. The molecule has 2 aliphatic rings. The van der Waals surface area contributed by atoms with E-state index in [0.717, 1.165) is 6.42 Å². The van der Waals surface area contributed by atoms with Crippen LogP contribution in [0.25, 0.3) is 4.85 Å². The number of piperidine rings is 1. The van der Waals surface area contributed by atoms with Gasteiger partial charge in [-0.05, 0) is 26.2 Å². The Kier molecular flexibility index (Phi) is 3.02. The summed E-state index contributed by atoms with van der Waals surface area (Å²) in [5, 5.41) is 0. The lowest BCUT2D eigenvalue weighted by Crippen LogP contribution is -2.55. The maximum absolute atomic E-state index is 12.5. The molecule has 0 aromatic carbocycles. The summed E-state index contributed by atoms with van der Waals surface area (Å²) >= 11 is 0. The molecule has 0 aromatic rings. The van der Waals surface area contributed by atoms with Gasteiger partial charge in [0.25, 0.3) is 0 Å². The fraction of sp³-hybridized carbons (Fsp3) is 0.643. The van der Waals surface area contributed by atoms with Crippen LogP contribution in [0.3, 0.4) is 0 Å². The van der Waals surface area contributed by atoms with Gasteiger partial charge in [-0.2, -0.15) is 0 Å². The number of carbonyl (C=O) groups excluding carboxylic acids is 2. The Morgan fingerprint density at radius 3 is 2.78 bits per heavy atom. The van der Waals surface area contributed by atoms with Crippen molar-refractivity contribution < 1.29 is 9.59 Å². The Hall–Kier alpha value is -1.63. The third kappa shape index (κ3) is 1.58. The molecule has 0 aromatic heterocycles. The zero-order valence-electron chi connectivity index (χ0n) is 11.1. The number of likely N-dealkylation sites (tertiary alicyclic amines) is 1. The standard InChI is InChI=1S/C14H18N2O2/c1-5-16-7-6-10-9(2)12(17)11(15-4)8-14(10,3)13(16)18/h8-10H,5-7H2,1-3H3/t9-,10-,14-/m0/s1. The monoisotopic (exact) mass is 246 g/mol. The van der Waals surface area contributed by atoms with Crippen LogP contribution in [0.5, 0.6) is 0 Å². The number of fused-ring (bicyclic) bond motifs is 1. The fourth-order valence-electron chi connectivity index (χ4n) is 3.29. The van der Waals surface area contributed by atoms with Gasteiger partial charge in [0, 0.05) is 19.0 Å². The topological polar surface area (TPSA) is 41.7 Å². The van der Waals surface area contributed by atoms with Crippen molar-refractivity contribution in [2.45, 2.75) is 27.2 Å². The maximum Gasteiger partial charge on any atom is 0.231 e. The summed E-state index contributed by atoms with van der Waals surface area (Å²) in [6.07, 6.45) is 2.45. The molecule has 1 heterocycles. The number of Topliss-reactive ketones (excluding diaryl/α,β-unsaturated/α-hetero) is 1. The maximum atomic E-state index is 12.5. The van der Waals surface area contributed by atoms with Crippen molar-refractivity contribution in [2.24, 2.45) is 17.3 Å². The summed E-state index contributed by atoms with van der Waals surface area (Å²) < 4.78 is 0. The van der Waals surface area contributed by atoms with Crippen LogP contribution in [0.1, 0.15) is 27.2 Å². The van der Waals surface area contributed by atoms with Crippen molar-refractivity contribution in [3.05, 3.63) is 23.2 Å². The van der Waals surface area contributed by atoms with Crippen molar-refractivity contribution in [1.29, 1.82) is 0 Å². The summed E-state index contributed by atoms with van der Waals surface area (Å²) in [6, 6.07) is 0. The van der Waals surface area contributed by atoms with Crippen LogP contribution in [0, 0.1) is 23.8 Å². The number of carbonyl (C=O) groups is 2. The van der Waals surface area contributed by atoms with Crippen LogP contribution in [0.15, 0.2) is 11.8 Å². The van der Waals surface area contributed by atoms with E-state index in [1.165, 1.54) is 0 Å². The van der Waals surface area contributed by atoms with Gasteiger partial charge in [-0.25, -0.2) is 4.85 Å². The van der Waals surface area contributed by atoms with Gasteiger partial charge in [-0.1, -0.05) is 13.0 Å². The molecule has 3 atom stereocenters. The Morgan fingerprint density at radius 2 is 2.22 bits per heavy atom. The van der Waals surface area contributed by atoms with Gasteiger partial charge in [0.1, 0.15) is 0 Å². The first-order valence-electron chi connectivity index (χ1n) is 6.39. The lowest BCUT2D eigenvalue weighted by Gasteiger charge is -2.47. The number of hydrogen-bond donors (Lipinski definition) is 0. The zero-order valence-corrected chi connectivity index (χ0v) is 11.1. The van der Waals surface area contributed by atoms with E-state index in [-0.39, 0.29) is 29.2 Å². The Morgan fingerprint density at radius 1 is 1.56 bits per heavy atom. The van der Waals surface area contributed by atoms with E-state index in [1.807, 2.05) is 25.7 Å². The minimum Gasteiger partial charge on any atom is -0.342 e. The van der Waals surface area contributed by atoms with Crippen LogP contribution in [-0.2, 0) is 9.59 Å². The van der Waals surface area contributed by atoms with E-state index < -0.39 is 5.41 Å². The molecule has 18 heavy (non-hydrogen) atoms. The average Bonchev–Trinajstić information content (AvgIpc) is 2.36. The van der Waals surface area contributed by atoms with E-state index in [0.29, 0.717) is 13.1 Å². The highest BCUT2D eigenvalue weighted by Gasteiger charge is 2.51. The molecule has 4 nitrogen and oxygen atoms in total. The van der Waals surface area contributed by atoms with E-state index in [2.05, 4.69) is 4.85 Å². The molecular formula is C14H18N2O2. The predicted octanol–water partition coefficient (Wildman–Crippen LogP) is 1.88. The zero-order chi connectivity index (χ0) is 13.5. The lowest BCUT2D eigenvalue weighted by molar-refractivity contribution is -0.149. The minimum absolute atomic E-state index is 0.0331. The first kappa shape index (κ1) is 12.8. The van der Waals surface area contributed by atoms with Gasteiger partial charge in [0.05, 0.1) is 12.0 Å². The highest BCUT2D eigenvalue weighted by atomic mass is 16.2. The summed E-state index contributed by atoms with van der Waals surface area (Å²) in [5.41, 5.74) is -0.547. The van der Waals surface area contributed by atoms with Crippen molar-refractivity contribution in [3.8, 4) is 0 Å². The lowest BCUT2D eigenvalue weighted by atomic mass is 9.61. The molecule has 0 saturated carbocycles. The van der Waals surface area contributed by atoms with Crippen molar-refractivity contribution in [3.63, 3.8) is 0 Å². The fourth-order valence-corrected chi connectivity index (χ4v) is 3.29. The number of nitrogens with zero attached hydrogens (tertiary/aromatic N) is 2. The van der Waals surface area contributed by atoms with Gasteiger partial charge >= 0.3 is 0 Å². The molecule has 1 saturated heterocycles. The van der Waals surface area contributed by atoms with E-state index in [1.54, 1.807) is 6.08 Å². The second-order valence-electron chi connectivity index (χ2n) is 5.36. The summed E-state index contributed by atoms with van der Waals surface area (Å²) in [4.78, 5) is 29.6. The van der Waals surface area contributed by atoms with Crippen LogP contribution in [0.2, 0.25) is 0 Å².